The zero-order chi connectivity index (χ0) is 17.1. The third-order valence-electron chi connectivity index (χ3n) is 4.86. The molecule has 3 rings (SSSR count). The molecular weight excluding hydrogens is 308 g/mol. The van der Waals surface area contributed by atoms with Crippen molar-refractivity contribution in [2.45, 2.75) is 31.5 Å². The van der Waals surface area contributed by atoms with Gasteiger partial charge in [-0.25, -0.2) is 9.97 Å². The van der Waals surface area contributed by atoms with Crippen LogP contribution in [0.5, 0.6) is 6.01 Å². The van der Waals surface area contributed by atoms with Crippen molar-refractivity contribution in [3.63, 3.8) is 0 Å². The predicted molar refractivity (Wildman–Crippen MR) is 89.1 cm³/mol. The van der Waals surface area contributed by atoms with Crippen LogP contribution in [0.3, 0.4) is 0 Å². The number of hydrazine groups is 1. The number of rotatable bonds is 5. The molecule has 0 aliphatic carbocycles. The second kappa shape index (κ2) is 7.42. The number of hydrogen-bond acceptors (Lipinski definition) is 7. The summed E-state index contributed by atoms with van der Waals surface area (Å²) in [5.41, 5.74) is 7.56. The number of ether oxygens (including phenoxy) is 1. The summed E-state index contributed by atoms with van der Waals surface area (Å²) in [6.07, 6.45) is 5.85. The standard InChI is InChI=1S/C16H26N6O2/c1-21(2)15(23)12-9-19-20-14(12)13-5-4-6-22(13)10-11-7-17-16(24-3)18-8-11/h7-8,12-14,19-20H,4-6,9-10H2,1-3H3. The van der Waals surface area contributed by atoms with Gasteiger partial charge in [0.15, 0.2) is 0 Å². The van der Waals surface area contributed by atoms with E-state index in [9.17, 15) is 4.79 Å². The van der Waals surface area contributed by atoms with Crippen molar-refractivity contribution in [1.29, 1.82) is 0 Å². The molecule has 2 aliphatic heterocycles. The van der Waals surface area contributed by atoms with Crippen LogP contribution in [-0.4, -0.2) is 72.1 Å². The highest BCUT2D eigenvalue weighted by Crippen LogP contribution is 2.27. The summed E-state index contributed by atoms with van der Waals surface area (Å²) in [7, 11) is 5.20. The summed E-state index contributed by atoms with van der Waals surface area (Å²) >= 11 is 0. The number of likely N-dealkylation sites (tertiary alicyclic amines) is 1. The molecule has 1 aromatic rings. The van der Waals surface area contributed by atoms with Crippen molar-refractivity contribution in [1.82, 2.24) is 30.6 Å². The first-order valence-corrected chi connectivity index (χ1v) is 8.38. The summed E-state index contributed by atoms with van der Waals surface area (Å²) < 4.78 is 5.01. The molecule has 3 unspecified atom stereocenters. The first-order chi connectivity index (χ1) is 11.6. The van der Waals surface area contributed by atoms with E-state index in [0.29, 0.717) is 18.6 Å². The van der Waals surface area contributed by atoms with Crippen molar-refractivity contribution in [3.8, 4) is 6.01 Å². The van der Waals surface area contributed by atoms with E-state index < -0.39 is 0 Å². The van der Waals surface area contributed by atoms with Crippen LogP contribution in [0.4, 0.5) is 0 Å². The molecule has 24 heavy (non-hydrogen) atoms. The molecule has 2 aliphatic rings. The van der Waals surface area contributed by atoms with Crippen molar-refractivity contribution in [2.75, 3.05) is 34.3 Å². The molecule has 2 saturated heterocycles. The van der Waals surface area contributed by atoms with Crippen molar-refractivity contribution < 1.29 is 9.53 Å². The topological polar surface area (TPSA) is 82.6 Å². The summed E-state index contributed by atoms with van der Waals surface area (Å²) in [6, 6.07) is 0.840. The van der Waals surface area contributed by atoms with Crippen LogP contribution >= 0.6 is 0 Å². The van der Waals surface area contributed by atoms with Gasteiger partial charge < -0.3 is 9.64 Å². The molecule has 0 aromatic carbocycles. The van der Waals surface area contributed by atoms with Gasteiger partial charge >= 0.3 is 6.01 Å². The average Bonchev–Trinajstić information content (AvgIpc) is 3.23. The van der Waals surface area contributed by atoms with Gasteiger partial charge in [-0.1, -0.05) is 0 Å². The van der Waals surface area contributed by atoms with E-state index in [-0.39, 0.29) is 17.9 Å². The van der Waals surface area contributed by atoms with Gasteiger partial charge in [-0.05, 0) is 19.4 Å². The molecule has 3 atom stereocenters. The fraction of sp³-hybridized carbons (Fsp3) is 0.688. The van der Waals surface area contributed by atoms with Gasteiger partial charge in [0.05, 0.1) is 13.0 Å². The lowest BCUT2D eigenvalue weighted by Crippen LogP contribution is -2.51. The lowest BCUT2D eigenvalue weighted by molar-refractivity contribution is -0.133. The molecule has 132 valence electrons. The van der Waals surface area contributed by atoms with E-state index in [4.69, 9.17) is 4.74 Å². The van der Waals surface area contributed by atoms with Gasteiger partial charge in [-0.3, -0.25) is 20.5 Å². The van der Waals surface area contributed by atoms with Gasteiger partial charge in [0.2, 0.25) is 5.91 Å². The minimum Gasteiger partial charge on any atom is -0.467 e. The maximum atomic E-state index is 12.4. The molecule has 8 nitrogen and oxygen atoms in total. The zero-order valence-electron chi connectivity index (χ0n) is 14.5. The maximum absolute atomic E-state index is 12.4. The number of carbonyl (C=O) groups excluding carboxylic acids is 1. The Morgan fingerprint density at radius 1 is 1.42 bits per heavy atom. The number of carbonyl (C=O) groups is 1. The lowest BCUT2D eigenvalue weighted by Gasteiger charge is -2.32. The smallest absolute Gasteiger partial charge is 0.316 e. The molecule has 2 N–H and O–H groups in total. The molecule has 0 spiro atoms. The summed E-state index contributed by atoms with van der Waals surface area (Å²) in [5, 5.41) is 0. The molecule has 2 fully saturated rings. The molecular formula is C16H26N6O2. The minimum atomic E-state index is -0.0299. The summed E-state index contributed by atoms with van der Waals surface area (Å²) in [6.45, 7) is 2.49. The van der Waals surface area contributed by atoms with Crippen LogP contribution in [0, 0.1) is 5.92 Å². The Kier molecular flexibility index (Phi) is 5.27. The Hall–Kier alpha value is -1.77. The van der Waals surface area contributed by atoms with E-state index in [0.717, 1.165) is 31.5 Å². The lowest BCUT2D eigenvalue weighted by atomic mass is 9.92. The Bertz CT molecular complexity index is 564. The van der Waals surface area contributed by atoms with E-state index in [1.807, 2.05) is 26.5 Å². The first-order valence-electron chi connectivity index (χ1n) is 8.38. The first kappa shape index (κ1) is 17.1. The van der Waals surface area contributed by atoms with Crippen LogP contribution in [-0.2, 0) is 11.3 Å². The van der Waals surface area contributed by atoms with E-state index in [1.54, 1.807) is 12.0 Å². The Morgan fingerprint density at radius 3 is 2.83 bits per heavy atom. The number of nitrogens with one attached hydrogen (secondary N) is 2. The maximum Gasteiger partial charge on any atom is 0.316 e. The molecule has 8 heteroatoms. The molecule has 0 saturated carbocycles. The molecule has 1 amide bonds. The van der Waals surface area contributed by atoms with Gasteiger partial charge in [-0.15, -0.1) is 0 Å². The third kappa shape index (κ3) is 3.50. The largest absolute Gasteiger partial charge is 0.467 e. The number of hydrogen-bond donors (Lipinski definition) is 2. The Labute approximate surface area is 142 Å². The SMILES string of the molecule is COc1ncc(CN2CCCC2C2NNCC2C(=O)N(C)C)cn1. The fourth-order valence-corrected chi connectivity index (χ4v) is 3.67. The van der Waals surface area contributed by atoms with E-state index in [2.05, 4.69) is 25.7 Å². The Balaban J connectivity index is 1.69. The van der Waals surface area contributed by atoms with Gasteiger partial charge in [-0.2, -0.15) is 0 Å². The number of aromatic nitrogens is 2. The highest BCUT2D eigenvalue weighted by molar-refractivity contribution is 5.79. The number of methoxy groups -OCH3 is 1. The summed E-state index contributed by atoms with van der Waals surface area (Å²) in [5.74, 6) is 0.148. The van der Waals surface area contributed by atoms with Crippen LogP contribution in [0.2, 0.25) is 0 Å². The fourth-order valence-electron chi connectivity index (χ4n) is 3.67. The third-order valence-corrected chi connectivity index (χ3v) is 4.86. The average molecular weight is 334 g/mol. The predicted octanol–water partition coefficient (Wildman–Crippen LogP) is -0.370. The normalized spacial score (nSPS) is 27.4. The second-order valence-electron chi connectivity index (χ2n) is 6.65. The summed E-state index contributed by atoms with van der Waals surface area (Å²) in [4.78, 5) is 24.9. The second-order valence-corrected chi connectivity index (χ2v) is 6.65. The van der Waals surface area contributed by atoms with Gasteiger partial charge in [0.1, 0.15) is 0 Å². The van der Waals surface area contributed by atoms with E-state index >= 15 is 0 Å². The van der Waals surface area contributed by atoms with Gasteiger partial charge in [0, 0.05) is 57.2 Å². The molecule has 0 bridgehead atoms. The monoisotopic (exact) mass is 334 g/mol. The van der Waals surface area contributed by atoms with Gasteiger partial charge in [0.25, 0.3) is 0 Å². The number of nitrogens with zero attached hydrogens (tertiary/aromatic N) is 4. The molecule has 3 heterocycles. The zero-order valence-corrected chi connectivity index (χ0v) is 14.5. The highest BCUT2D eigenvalue weighted by Gasteiger charge is 2.42. The molecule has 0 radical (unpaired) electrons. The minimum absolute atomic E-state index is 0.0299. The van der Waals surface area contributed by atoms with Crippen LogP contribution < -0.4 is 15.6 Å². The highest BCUT2D eigenvalue weighted by atomic mass is 16.5. The van der Waals surface area contributed by atoms with Crippen molar-refractivity contribution in [3.05, 3.63) is 18.0 Å². The van der Waals surface area contributed by atoms with Crippen LogP contribution in [0.15, 0.2) is 12.4 Å². The van der Waals surface area contributed by atoms with Crippen molar-refractivity contribution in [2.24, 2.45) is 5.92 Å². The Morgan fingerprint density at radius 2 is 2.17 bits per heavy atom. The quantitative estimate of drug-likeness (QED) is 0.760. The van der Waals surface area contributed by atoms with Crippen LogP contribution in [0.1, 0.15) is 18.4 Å². The molecule has 1 aromatic heterocycles. The van der Waals surface area contributed by atoms with Crippen LogP contribution in [0.25, 0.3) is 0 Å². The van der Waals surface area contributed by atoms with E-state index in [1.165, 1.54) is 0 Å². The number of amides is 1. The van der Waals surface area contributed by atoms with Crippen molar-refractivity contribution >= 4 is 5.91 Å².